The van der Waals surface area contributed by atoms with Crippen LogP contribution in [0.15, 0.2) is 59.2 Å². The van der Waals surface area contributed by atoms with Gasteiger partial charge in [-0.25, -0.2) is 0 Å². The zero-order chi connectivity index (χ0) is 14.1. The van der Waals surface area contributed by atoms with E-state index < -0.39 is 0 Å². The molecule has 3 rings (SSSR count). The molecular formula is C16H9BrINO. The molecule has 98 valence electrons. The second-order valence-corrected chi connectivity index (χ2v) is 6.44. The first-order chi connectivity index (χ1) is 9.65. The van der Waals surface area contributed by atoms with Gasteiger partial charge in [-0.2, -0.15) is 0 Å². The summed E-state index contributed by atoms with van der Waals surface area (Å²) in [6, 6.07) is 15.2. The summed E-state index contributed by atoms with van der Waals surface area (Å²) >= 11 is 5.59. The number of halogens is 2. The summed E-state index contributed by atoms with van der Waals surface area (Å²) in [6.07, 6.45) is 1.74. The van der Waals surface area contributed by atoms with E-state index in [0.717, 1.165) is 18.9 Å². The van der Waals surface area contributed by atoms with Gasteiger partial charge in [-0.15, -0.1) is 0 Å². The first kappa shape index (κ1) is 13.7. The van der Waals surface area contributed by atoms with E-state index in [-0.39, 0.29) is 5.78 Å². The van der Waals surface area contributed by atoms with Crippen LogP contribution in [0.25, 0.3) is 10.9 Å². The molecule has 0 bridgehead atoms. The monoisotopic (exact) mass is 437 g/mol. The van der Waals surface area contributed by atoms with E-state index in [4.69, 9.17) is 0 Å². The minimum absolute atomic E-state index is 0.0169. The van der Waals surface area contributed by atoms with Crippen LogP contribution in [0.5, 0.6) is 0 Å². The van der Waals surface area contributed by atoms with Crippen LogP contribution in [-0.2, 0) is 0 Å². The Labute approximate surface area is 138 Å². The maximum Gasteiger partial charge on any atom is 0.194 e. The molecule has 0 N–H and O–H groups in total. The summed E-state index contributed by atoms with van der Waals surface area (Å²) in [5.74, 6) is 0.0169. The summed E-state index contributed by atoms with van der Waals surface area (Å²) in [7, 11) is 0. The number of nitrogens with zero attached hydrogens (tertiary/aromatic N) is 1. The van der Waals surface area contributed by atoms with Crippen LogP contribution in [0.3, 0.4) is 0 Å². The number of rotatable bonds is 2. The third-order valence-electron chi connectivity index (χ3n) is 3.04. The molecule has 1 heterocycles. The lowest BCUT2D eigenvalue weighted by atomic mass is 10.0. The maximum absolute atomic E-state index is 12.6. The summed E-state index contributed by atoms with van der Waals surface area (Å²) in [5.41, 5.74) is 2.20. The Bertz CT molecular complexity index is 816. The maximum atomic E-state index is 12.6. The highest BCUT2D eigenvalue weighted by molar-refractivity contribution is 14.1. The second kappa shape index (κ2) is 5.61. The van der Waals surface area contributed by atoms with E-state index in [1.54, 1.807) is 6.20 Å². The highest BCUT2D eigenvalue weighted by Gasteiger charge is 2.13. The SMILES string of the molecule is O=C(c1ccc2cccnc2c1)c1cc(Br)ccc1I. The van der Waals surface area contributed by atoms with Crippen LogP contribution in [-0.4, -0.2) is 10.8 Å². The number of aromatic nitrogens is 1. The van der Waals surface area contributed by atoms with Gasteiger partial charge in [-0.1, -0.05) is 34.1 Å². The fraction of sp³-hybridized carbons (Fsp3) is 0. The van der Waals surface area contributed by atoms with Crippen molar-refractivity contribution in [3.05, 3.63) is 73.9 Å². The predicted octanol–water partition coefficient (Wildman–Crippen LogP) is 4.83. The molecule has 0 saturated carbocycles. The van der Waals surface area contributed by atoms with Crippen molar-refractivity contribution in [2.24, 2.45) is 0 Å². The first-order valence-corrected chi connectivity index (χ1v) is 7.87. The van der Waals surface area contributed by atoms with Gasteiger partial charge in [-0.3, -0.25) is 9.78 Å². The number of ketones is 1. The Hall–Kier alpha value is -1.27. The molecule has 4 heteroatoms. The summed E-state index contributed by atoms with van der Waals surface area (Å²) < 4.78 is 1.84. The Morgan fingerprint density at radius 3 is 2.80 bits per heavy atom. The van der Waals surface area contributed by atoms with Crippen molar-refractivity contribution in [3.63, 3.8) is 0 Å². The lowest BCUT2D eigenvalue weighted by molar-refractivity contribution is 0.103. The van der Waals surface area contributed by atoms with Gasteiger partial charge in [0.15, 0.2) is 5.78 Å². The number of hydrogen-bond donors (Lipinski definition) is 0. The van der Waals surface area contributed by atoms with Crippen molar-refractivity contribution in [1.29, 1.82) is 0 Å². The fourth-order valence-corrected chi connectivity index (χ4v) is 2.98. The van der Waals surface area contributed by atoms with E-state index in [1.807, 2.05) is 48.5 Å². The number of carbonyl (C=O) groups is 1. The number of benzene rings is 2. The molecule has 0 aliphatic rings. The quantitative estimate of drug-likeness (QED) is 0.424. The van der Waals surface area contributed by atoms with Gasteiger partial charge in [0, 0.05) is 30.8 Å². The predicted molar refractivity (Wildman–Crippen MR) is 92.0 cm³/mol. The molecule has 3 aromatic rings. The largest absolute Gasteiger partial charge is 0.289 e. The number of pyridine rings is 1. The fourth-order valence-electron chi connectivity index (χ4n) is 2.03. The summed E-state index contributed by atoms with van der Waals surface area (Å²) in [4.78, 5) is 16.9. The smallest absolute Gasteiger partial charge is 0.194 e. The van der Waals surface area contributed by atoms with E-state index in [2.05, 4.69) is 43.5 Å². The third-order valence-corrected chi connectivity index (χ3v) is 4.48. The standard InChI is InChI=1S/C16H9BrINO/c17-12-5-6-14(18)13(9-12)16(20)11-4-3-10-2-1-7-19-15(10)8-11/h1-9H. The van der Waals surface area contributed by atoms with Crippen LogP contribution in [0, 0.1) is 3.57 Å². The van der Waals surface area contributed by atoms with Gasteiger partial charge in [0.2, 0.25) is 0 Å². The molecule has 0 saturated heterocycles. The molecule has 0 radical (unpaired) electrons. The van der Waals surface area contributed by atoms with Crippen LogP contribution in [0.1, 0.15) is 15.9 Å². The van der Waals surface area contributed by atoms with Crippen molar-refractivity contribution in [2.75, 3.05) is 0 Å². The number of fused-ring (bicyclic) bond motifs is 1. The Morgan fingerprint density at radius 2 is 1.95 bits per heavy atom. The van der Waals surface area contributed by atoms with Gasteiger partial charge in [0.25, 0.3) is 0 Å². The molecule has 1 aromatic heterocycles. The highest BCUT2D eigenvalue weighted by Crippen LogP contribution is 2.22. The van der Waals surface area contributed by atoms with Gasteiger partial charge in [0.05, 0.1) is 5.52 Å². The van der Waals surface area contributed by atoms with E-state index in [0.29, 0.717) is 11.1 Å². The molecule has 0 unspecified atom stereocenters. The Balaban J connectivity index is 2.10. The van der Waals surface area contributed by atoms with Crippen LogP contribution < -0.4 is 0 Å². The minimum atomic E-state index is 0.0169. The van der Waals surface area contributed by atoms with Crippen LogP contribution >= 0.6 is 38.5 Å². The molecule has 0 fully saturated rings. The normalized spacial score (nSPS) is 10.7. The van der Waals surface area contributed by atoms with Crippen LogP contribution in [0.2, 0.25) is 0 Å². The van der Waals surface area contributed by atoms with Gasteiger partial charge in [-0.05, 0) is 52.9 Å². The summed E-state index contributed by atoms with van der Waals surface area (Å²) in [5, 5.41) is 1.04. The lowest BCUT2D eigenvalue weighted by Crippen LogP contribution is -2.04. The summed E-state index contributed by atoms with van der Waals surface area (Å²) in [6.45, 7) is 0. The highest BCUT2D eigenvalue weighted by atomic mass is 127. The first-order valence-electron chi connectivity index (χ1n) is 6.00. The molecule has 2 nitrogen and oxygen atoms in total. The molecule has 20 heavy (non-hydrogen) atoms. The molecule has 0 atom stereocenters. The van der Waals surface area contributed by atoms with Crippen molar-refractivity contribution < 1.29 is 4.79 Å². The number of hydrogen-bond acceptors (Lipinski definition) is 2. The van der Waals surface area contributed by atoms with Crippen molar-refractivity contribution >= 4 is 55.2 Å². The molecule has 0 aliphatic heterocycles. The molecular weight excluding hydrogens is 429 g/mol. The third kappa shape index (κ3) is 2.62. The average molecular weight is 438 g/mol. The number of carbonyl (C=O) groups excluding carboxylic acids is 1. The molecule has 0 spiro atoms. The van der Waals surface area contributed by atoms with Gasteiger partial charge < -0.3 is 0 Å². The topological polar surface area (TPSA) is 30.0 Å². The molecule has 0 aliphatic carbocycles. The van der Waals surface area contributed by atoms with E-state index >= 15 is 0 Å². The average Bonchev–Trinajstić information content (AvgIpc) is 2.48. The molecule has 0 amide bonds. The minimum Gasteiger partial charge on any atom is -0.289 e. The Kier molecular flexibility index (Phi) is 3.85. The van der Waals surface area contributed by atoms with Gasteiger partial charge >= 0.3 is 0 Å². The Morgan fingerprint density at radius 1 is 1.10 bits per heavy atom. The van der Waals surface area contributed by atoms with Crippen molar-refractivity contribution in [1.82, 2.24) is 4.98 Å². The molecule has 2 aromatic carbocycles. The van der Waals surface area contributed by atoms with Gasteiger partial charge in [0.1, 0.15) is 0 Å². The zero-order valence-electron chi connectivity index (χ0n) is 10.3. The second-order valence-electron chi connectivity index (χ2n) is 4.36. The van der Waals surface area contributed by atoms with Crippen molar-refractivity contribution in [3.8, 4) is 0 Å². The van der Waals surface area contributed by atoms with E-state index in [9.17, 15) is 4.79 Å². The van der Waals surface area contributed by atoms with Crippen LogP contribution in [0.4, 0.5) is 0 Å². The van der Waals surface area contributed by atoms with Crippen molar-refractivity contribution in [2.45, 2.75) is 0 Å². The lowest BCUT2D eigenvalue weighted by Gasteiger charge is -2.06. The van der Waals surface area contributed by atoms with E-state index in [1.165, 1.54) is 0 Å². The zero-order valence-corrected chi connectivity index (χ0v) is 14.1.